The van der Waals surface area contributed by atoms with E-state index in [9.17, 15) is 118 Å². The highest BCUT2D eigenvalue weighted by atomic mass is 31.2. The third-order valence-corrected chi connectivity index (χ3v) is 24.5. The van der Waals surface area contributed by atoms with Gasteiger partial charge in [0.05, 0.1) is 157 Å². The molecule has 0 aromatic rings. The number of likely N-dealkylation sites (tertiary alicyclic amines) is 1. The summed E-state index contributed by atoms with van der Waals surface area (Å²) in [6.45, 7) is 3.29. The molecule has 2 aliphatic heterocycles. The van der Waals surface area contributed by atoms with E-state index in [0.717, 1.165) is 0 Å². The van der Waals surface area contributed by atoms with E-state index >= 15 is 0 Å². The molecule has 678 valence electrons. The molecule has 0 aromatic carbocycles. The van der Waals surface area contributed by atoms with E-state index in [-0.39, 0.29) is 210 Å². The molecule has 22 atom stereocenters. The summed E-state index contributed by atoms with van der Waals surface area (Å²) in [7, 11) is -7.98. The first kappa shape index (κ1) is 103. The Hall–Kier alpha value is -5.18. The average molecular weight is 1730 g/mol. The molecule has 3 saturated carbocycles. The summed E-state index contributed by atoms with van der Waals surface area (Å²) < 4.78 is 71.3. The number of β-amino-alcohol motifs (C(OH)–C–C–N with tert-alkyl or cyclic N) is 1. The minimum Gasteiger partial charge on any atom is -0.396 e. The van der Waals surface area contributed by atoms with Crippen molar-refractivity contribution in [2.24, 2.45) is 17.8 Å². The van der Waals surface area contributed by atoms with Gasteiger partial charge in [-0.1, -0.05) is 13.8 Å². The lowest BCUT2D eigenvalue weighted by Crippen LogP contribution is -2.61. The van der Waals surface area contributed by atoms with Crippen LogP contribution >= 0.6 is 15.2 Å². The van der Waals surface area contributed by atoms with Gasteiger partial charge in [-0.3, -0.25) is 57.3 Å². The van der Waals surface area contributed by atoms with Crippen LogP contribution in [0.5, 0.6) is 0 Å². The number of ether oxygens (including phenoxy) is 7. The number of hydrogen-bond acceptors (Lipinski definition) is 33. The quantitative estimate of drug-likeness (QED) is 0.0212. The molecule has 0 radical (unpaired) electrons. The Balaban J connectivity index is 1.26. The number of carbonyl (C=O) groups is 11. The molecule has 0 spiro atoms. The highest BCUT2D eigenvalue weighted by molar-refractivity contribution is 7.58. The van der Waals surface area contributed by atoms with Crippen molar-refractivity contribution >= 4 is 85.8 Å². The number of Topliss-reactive ketones (excluding diaryl/α,β-unsaturated/α-hetero) is 5. The molecular formula is C76H130N6O34P2. The summed E-state index contributed by atoms with van der Waals surface area (Å²) >= 11 is 0. The van der Waals surface area contributed by atoms with Crippen LogP contribution in [0.1, 0.15) is 170 Å². The van der Waals surface area contributed by atoms with Gasteiger partial charge in [0.2, 0.25) is 43.0 Å². The van der Waals surface area contributed by atoms with Crippen molar-refractivity contribution in [3.63, 3.8) is 0 Å². The monoisotopic (exact) mass is 1730 g/mol. The molecule has 17 N–H and O–H groups in total. The van der Waals surface area contributed by atoms with Gasteiger partial charge in [0.1, 0.15) is 58.9 Å². The molecule has 2 heterocycles. The molecule has 5 rings (SSSR count). The second-order valence-electron chi connectivity index (χ2n) is 31.7. The summed E-state index contributed by atoms with van der Waals surface area (Å²) in [4.78, 5) is 166. The predicted molar refractivity (Wildman–Crippen MR) is 417 cm³/mol. The van der Waals surface area contributed by atoms with Gasteiger partial charge in [-0.05, 0) is 51.7 Å². The molecule has 2 saturated heterocycles. The Bertz CT molecular complexity index is 3080. The molecule has 118 heavy (non-hydrogen) atoms. The Labute approximate surface area is 687 Å². The van der Waals surface area contributed by atoms with Crippen LogP contribution in [0.3, 0.4) is 0 Å². The van der Waals surface area contributed by atoms with Crippen LogP contribution in [-0.2, 0) is 104 Å². The lowest BCUT2D eigenvalue weighted by atomic mass is 9.79. The molecule has 8 unspecified atom stereocenters. The second-order valence-corrected chi connectivity index (χ2v) is 35.9. The number of rotatable bonds is 57. The third kappa shape index (κ3) is 35.6. The largest absolute Gasteiger partial charge is 0.396 e. The second kappa shape index (κ2) is 51.8. The maximum atomic E-state index is 14.4. The zero-order valence-electron chi connectivity index (χ0n) is 68.5. The highest BCUT2D eigenvalue weighted by Crippen LogP contribution is 2.50. The van der Waals surface area contributed by atoms with Gasteiger partial charge in [-0.25, -0.2) is 0 Å². The average Bonchev–Trinajstić information content (AvgIpc) is 1.28. The first-order valence-electron chi connectivity index (χ1n) is 40.6. The molecule has 0 aromatic heterocycles. The van der Waals surface area contributed by atoms with Crippen molar-refractivity contribution < 1.29 is 165 Å². The van der Waals surface area contributed by atoms with Gasteiger partial charge in [0.15, 0.2) is 0 Å². The van der Waals surface area contributed by atoms with Gasteiger partial charge in [-0.2, -0.15) is 0 Å². The van der Waals surface area contributed by atoms with Crippen LogP contribution in [0.25, 0.3) is 0 Å². The molecule has 3 aliphatic carbocycles. The normalized spacial score (nSPS) is 29.4. The summed E-state index contributed by atoms with van der Waals surface area (Å²) in [5, 5.41) is 117. The number of carbonyl (C=O) groups excluding carboxylic acids is 11. The van der Waals surface area contributed by atoms with E-state index in [0.29, 0.717) is 0 Å². The summed E-state index contributed by atoms with van der Waals surface area (Å²) in [6.07, 6.45) is -12.1. The van der Waals surface area contributed by atoms with Crippen LogP contribution in [0, 0.1) is 17.8 Å². The lowest BCUT2D eigenvalue weighted by molar-refractivity contribution is -0.144. The smallest absolute Gasteiger partial charge is 0.330 e. The maximum Gasteiger partial charge on any atom is 0.330 e. The number of nitrogens with one attached hydrogen (secondary N) is 5. The van der Waals surface area contributed by atoms with Crippen LogP contribution in [0.2, 0.25) is 0 Å². The standard InChI is InChI=1S/C76H130N6O34P2/c1-44(2)118(105,106)114-40-63-59(30-45(3)115-63)116-117(7,104)113-39-52-34-58(94)35-82(52)66(97)15-14-65(96)81-76(41-107-24-17-53(89)10-8-12-55(91)19-27-110-60-31-49(36-83)70(98)73(101)67(60)78-46(4)86,42-108-25-18-54(90)11-9-13-56(92)20-28-111-61-32-50(37-84)71(99)74(102)68(61)79-47(5)87)43-109-26-22-64(95)77-23-16-57(93)21-29-112-62-33-51(38-85)72(100)75(103)69(62)80-48(6)88/h44-45,49-52,58-63,67-75,83-85,94,98-104H,7-43H2,1-6H3,(H,77,95)(H,78,86)(H,79,87)(H,80,88)(H,81,96)(H,105,106)/t45-,49?,50?,51?,52-,58+,59-,60+,61+,62+,63+,67?,68?,69?,70-,71-,72-,73+,74+,75+,76?,117?/m0/s1. The van der Waals surface area contributed by atoms with Crippen molar-refractivity contribution in [1.29, 1.82) is 0 Å². The van der Waals surface area contributed by atoms with Gasteiger partial charge >= 0.3 is 7.60 Å². The van der Waals surface area contributed by atoms with Crippen LogP contribution in [0.4, 0.5) is 0 Å². The van der Waals surface area contributed by atoms with E-state index in [1.165, 1.54) is 39.5 Å². The number of aliphatic hydroxyl groups is 10. The number of ketones is 5. The van der Waals surface area contributed by atoms with E-state index in [4.69, 9.17) is 46.7 Å². The minimum absolute atomic E-state index is 0.0145. The van der Waals surface area contributed by atoms with Gasteiger partial charge in [0, 0.05) is 161 Å². The Kier molecular flexibility index (Phi) is 45.4. The van der Waals surface area contributed by atoms with E-state index in [1.54, 1.807) is 6.92 Å². The van der Waals surface area contributed by atoms with Crippen molar-refractivity contribution in [1.82, 2.24) is 31.5 Å². The van der Waals surface area contributed by atoms with Gasteiger partial charge in [0.25, 0.3) is 0 Å². The van der Waals surface area contributed by atoms with Crippen LogP contribution in [-0.4, -0.2) is 357 Å². The van der Waals surface area contributed by atoms with E-state index in [2.05, 4.69) is 32.9 Å². The molecular weight excluding hydrogens is 1600 g/mol. The highest BCUT2D eigenvalue weighted by Gasteiger charge is 2.48. The van der Waals surface area contributed by atoms with Crippen molar-refractivity contribution in [3.05, 3.63) is 0 Å². The SMILES string of the molecule is C=P(O)(OC[C@@H]1C[C@@H](O)CN1C(=O)CCC(=O)NC(COCCC(=O)CCCC(=O)CCO[C@@H]1CC(CO)[C@H](O)[C@H](O)C1NC(C)=O)(COCCC(=O)CCCC(=O)CCO[C@@H]1CC(CO)[C@H](O)[C@H](O)C1NC(C)=O)COCCC(=O)NCCC(=O)CCO[C@@H]1CC(CO)[C@H](O)[C@H](O)C1NC(C)=O)O[C@H]1C[C@H](C)O[C@@H]1COP(=O)(O)C(C)C. The Morgan fingerprint density at radius 2 is 0.890 bits per heavy atom. The molecule has 40 nitrogen and oxygen atoms in total. The number of hydrogen-bond donors (Lipinski definition) is 17. The fourth-order valence-electron chi connectivity index (χ4n) is 14.8. The molecule has 42 heteroatoms. The fraction of sp³-hybridized carbons (Fsp3) is 0.842. The lowest BCUT2D eigenvalue weighted by Gasteiger charge is -2.42. The maximum absolute atomic E-state index is 14.4. The molecule has 6 amide bonds. The van der Waals surface area contributed by atoms with Gasteiger partial charge < -0.3 is 139 Å². The fourth-order valence-corrected chi connectivity index (χ4v) is 16.6. The van der Waals surface area contributed by atoms with E-state index in [1.807, 2.05) is 0 Å². The summed E-state index contributed by atoms with van der Waals surface area (Å²) in [6, 6.07) is -3.92. The molecule has 0 bridgehead atoms. The van der Waals surface area contributed by atoms with Crippen molar-refractivity contribution in [2.45, 2.75) is 285 Å². The first-order valence-corrected chi connectivity index (χ1v) is 44.0. The zero-order valence-corrected chi connectivity index (χ0v) is 70.3. The van der Waals surface area contributed by atoms with Crippen LogP contribution < -0.4 is 26.6 Å². The van der Waals surface area contributed by atoms with Gasteiger partial charge in [-0.15, -0.1) is 0 Å². The minimum atomic E-state index is -4.01. The number of nitrogens with zero attached hydrogens (tertiary/aromatic N) is 1. The van der Waals surface area contributed by atoms with Crippen molar-refractivity contribution in [2.75, 3.05) is 106 Å². The Morgan fingerprint density at radius 3 is 1.29 bits per heavy atom. The molecule has 5 fully saturated rings. The summed E-state index contributed by atoms with van der Waals surface area (Å²) in [5.41, 5.74) is -2.44. The Morgan fingerprint density at radius 1 is 0.492 bits per heavy atom. The summed E-state index contributed by atoms with van der Waals surface area (Å²) in [5.74, 6) is -7.26. The third-order valence-electron chi connectivity index (χ3n) is 21.5. The first-order chi connectivity index (χ1) is 55.7. The van der Waals surface area contributed by atoms with E-state index < -0.39 is 236 Å². The predicted octanol–water partition coefficient (Wildman–Crippen LogP) is -3.09. The zero-order chi connectivity index (χ0) is 87.6. The number of aliphatic hydroxyl groups excluding tert-OH is 10. The molecule has 5 aliphatic rings. The topological polar surface area (TPSA) is 603 Å². The number of amides is 6. The van der Waals surface area contributed by atoms with Crippen LogP contribution in [0.15, 0.2) is 0 Å². The van der Waals surface area contributed by atoms with Crippen molar-refractivity contribution in [3.8, 4) is 0 Å².